The Kier molecular flexibility index (Phi) is 4.26. The molecule has 2 fully saturated rings. The molecule has 2 aliphatic rings. The molecule has 1 heterocycles. The Balaban J connectivity index is 1.76. The largest absolute Gasteiger partial charge is 0.370 e. The summed E-state index contributed by atoms with van der Waals surface area (Å²) in [5.74, 6) is 1.38. The summed E-state index contributed by atoms with van der Waals surface area (Å²) in [5.41, 5.74) is 5.86. The molecule has 3 N–H and O–H groups in total. The van der Waals surface area contributed by atoms with Crippen LogP contribution < -0.4 is 11.1 Å². The average molecular weight is 238 g/mol. The number of likely N-dealkylation sites (tertiary alicyclic amines) is 1. The first-order valence-corrected chi connectivity index (χ1v) is 6.95. The topological polar surface area (TPSA) is 53.6 Å². The normalized spacial score (nSPS) is 26.8. The molecule has 0 aromatic heterocycles. The van der Waals surface area contributed by atoms with E-state index in [1.165, 1.54) is 38.8 Å². The van der Waals surface area contributed by atoms with Gasteiger partial charge in [0.15, 0.2) is 5.96 Å². The maximum atomic E-state index is 5.86. The Hall–Kier alpha value is -0.770. The van der Waals surface area contributed by atoms with Crippen molar-refractivity contribution in [1.29, 1.82) is 0 Å². The third kappa shape index (κ3) is 4.19. The lowest BCUT2D eigenvalue weighted by atomic mass is 10.2. The van der Waals surface area contributed by atoms with Crippen LogP contribution in [0, 0.1) is 5.92 Å². The van der Waals surface area contributed by atoms with Crippen molar-refractivity contribution < 1.29 is 0 Å². The van der Waals surface area contributed by atoms with E-state index in [1.807, 2.05) is 0 Å². The minimum atomic E-state index is 0.606. The Morgan fingerprint density at radius 1 is 1.41 bits per heavy atom. The number of aliphatic imine (C=N–C) groups is 1. The van der Waals surface area contributed by atoms with Gasteiger partial charge in [0.25, 0.3) is 0 Å². The van der Waals surface area contributed by atoms with Gasteiger partial charge in [-0.05, 0) is 38.1 Å². The summed E-state index contributed by atoms with van der Waals surface area (Å²) in [6.07, 6.45) is 5.08. The summed E-state index contributed by atoms with van der Waals surface area (Å²) >= 11 is 0. The van der Waals surface area contributed by atoms with Crippen molar-refractivity contribution in [2.45, 2.75) is 51.6 Å². The molecular weight excluding hydrogens is 212 g/mol. The molecule has 0 spiro atoms. The summed E-state index contributed by atoms with van der Waals surface area (Å²) in [4.78, 5) is 7.05. The lowest BCUT2D eigenvalue weighted by Gasteiger charge is -2.24. The smallest absolute Gasteiger partial charge is 0.188 e. The molecule has 0 amide bonds. The molecule has 0 aromatic carbocycles. The first-order chi connectivity index (χ1) is 8.15. The Bertz CT molecular complexity index is 271. The molecular formula is C13H26N4. The molecule has 1 aliphatic heterocycles. The van der Waals surface area contributed by atoms with Crippen LogP contribution in [0.25, 0.3) is 0 Å². The van der Waals surface area contributed by atoms with E-state index in [1.54, 1.807) is 0 Å². The van der Waals surface area contributed by atoms with Gasteiger partial charge in [0.2, 0.25) is 0 Å². The van der Waals surface area contributed by atoms with Crippen molar-refractivity contribution in [3.63, 3.8) is 0 Å². The van der Waals surface area contributed by atoms with E-state index in [0.29, 0.717) is 18.0 Å². The zero-order valence-electron chi connectivity index (χ0n) is 11.2. The van der Waals surface area contributed by atoms with Crippen molar-refractivity contribution in [3.05, 3.63) is 0 Å². The fourth-order valence-corrected chi connectivity index (χ4v) is 2.50. The van der Waals surface area contributed by atoms with Gasteiger partial charge >= 0.3 is 0 Å². The molecule has 98 valence electrons. The summed E-state index contributed by atoms with van der Waals surface area (Å²) in [7, 11) is 0. The van der Waals surface area contributed by atoms with Gasteiger partial charge in [0.05, 0.1) is 6.54 Å². The highest BCUT2D eigenvalue weighted by atomic mass is 15.2. The van der Waals surface area contributed by atoms with Crippen LogP contribution >= 0.6 is 0 Å². The molecule has 1 saturated carbocycles. The predicted molar refractivity (Wildman–Crippen MR) is 72.1 cm³/mol. The second-order valence-corrected chi connectivity index (χ2v) is 5.83. The van der Waals surface area contributed by atoms with E-state index in [0.717, 1.165) is 12.5 Å². The molecule has 4 nitrogen and oxygen atoms in total. The zero-order chi connectivity index (χ0) is 12.3. The van der Waals surface area contributed by atoms with Gasteiger partial charge in [-0.15, -0.1) is 0 Å². The van der Waals surface area contributed by atoms with E-state index in [4.69, 9.17) is 5.73 Å². The van der Waals surface area contributed by atoms with Crippen LogP contribution in [-0.2, 0) is 0 Å². The third-order valence-corrected chi connectivity index (χ3v) is 3.50. The van der Waals surface area contributed by atoms with Crippen LogP contribution in [0.15, 0.2) is 4.99 Å². The second kappa shape index (κ2) is 5.71. The van der Waals surface area contributed by atoms with Crippen LogP contribution in [0.5, 0.6) is 0 Å². The number of hydrogen-bond donors (Lipinski definition) is 2. The van der Waals surface area contributed by atoms with Crippen LogP contribution in [0.1, 0.15) is 39.5 Å². The number of nitrogens with zero attached hydrogens (tertiary/aromatic N) is 2. The van der Waals surface area contributed by atoms with E-state index in [9.17, 15) is 0 Å². The SMILES string of the molecule is CC(C)CN1CCC[C@@H]1CN=C(N)NC1CC1. The molecule has 2 rings (SSSR count). The minimum absolute atomic E-state index is 0.606. The van der Waals surface area contributed by atoms with Crippen molar-refractivity contribution in [1.82, 2.24) is 10.2 Å². The van der Waals surface area contributed by atoms with Crippen molar-refractivity contribution >= 4 is 5.96 Å². The van der Waals surface area contributed by atoms with E-state index in [2.05, 4.69) is 29.1 Å². The van der Waals surface area contributed by atoms with Gasteiger partial charge in [0, 0.05) is 18.6 Å². The lowest BCUT2D eigenvalue weighted by Crippen LogP contribution is -2.37. The summed E-state index contributed by atoms with van der Waals surface area (Å²) in [5, 5.41) is 3.24. The highest BCUT2D eigenvalue weighted by molar-refractivity contribution is 5.78. The van der Waals surface area contributed by atoms with E-state index in [-0.39, 0.29) is 0 Å². The molecule has 0 radical (unpaired) electrons. The lowest BCUT2D eigenvalue weighted by molar-refractivity contribution is 0.231. The molecule has 0 bridgehead atoms. The van der Waals surface area contributed by atoms with Crippen LogP contribution in [0.3, 0.4) is 0 Å². The number of hydrogen-bond acceptors (Lipinski definition) is 2. The predicted octanol–water partition coefficient (Wildman–Crippen LogP) is 1.17. The molecule has 0 aromatic rings. The summed E-state index contributed by atoms with van der Waals surface area (Å²) in [6.45, 7) is 7.84. The monoisotopic (exact) mass is 238 g/mol. The number of nitrogens with two attached hydrogens (primary N) is 1. The van der Waals surface area contributed by atoms with Crippen LogP contribution in [0.2, 0.25) is 0 Å². The molecule has 17 heavy (non-hydrogen) atoms. The minimum Gasteiger partial charge on any atom is -0.370 e. The highest BCUT2D eigenvalue weighted by Gasteiger charge is 2.25. The number of rotatable bonds is 5. The van der Waals surface area contributed by atoms with Crippen LogP contribution in [0.4, 0.5) is 0 Å². The molecule has 1 saturated heterocycles. The standard InChI is InChI=1S/C13H26N4/c1-10(2)9-17-7-3-4-12(17)8-15-13(14)16-11-5-6-11/h10-12H,3-9H2,1-2H3,(H3,14,15,16)/t12-/m1/s1. The van der Waals surface area contributed by atoms with Gasteiger partial charge in [-0.25, -0.2) is 0 Å². The fourth-order valence-electron chi connectivity index (χ4n) is 2.50. The van der Waals surface area contributed by atoms with Crippen molar-refractivity contribution in [2.24, 2.45) is 16.6 Å². The maximum absolute atomic E-state index is 5.86. The number of guanidine groups is 1. The first-order valence-electron chi connectivity index (χ1n) is 6.95. The maximum Gasteiger partial charge on any atom is 0.188 e. The first kappa shape index (κ1) is 12.7. The second-order valence-electron chi connectivity index (χ2n) is 5.83. The van der Waals surface area contributed by atoms with Crippen molar-refractivity contribution in [2.75, 3.05) is 19.6 Å². The summed E-state index contributed by atoms with van der Waals surface area (Å²) < 4.78 is 0. The summed E-state index contributed by atoms with van der Waals surface area (Å²) in [6, 6.07) is 1.21. The fraction of sp³-hybridized carbons (Fsp3) is 0.923. The zero-order valence-corrected chi connectivity index (χ0v) is 11.2. The molecule has 4 heteroatoms. The Morgan fingerprint density at radius 2 is 2.18 bits per heavy atom. The van der Waals surface area contributed by atoms with Crippen LogP contribution in [-0.4, -0.2) is 42.6 Å². The third-order valence-electron chi connectivity index (χ3n) is 3.50. The van der Waals surface area contributed by atoms with Crippen molar-refractivity contribution in [3.8, 4) is 0 Å². The Labute approximate surface area is 105 Å². The quantitative estimate of drug-likeness (QED) is 0.558. The van der Waals surface area contributed by atoms with Gasteiger partial charge in [0.1, 0.15) is 0 Å². The van der Waals surface area contributed by atoms with Gasteiger partial charge < -0.3 is 11.1 Å². The molecule has 1 atom stereocenters. The van der Waals surface area contributed by atoms with Gasteiger partial charge in [-0.2, -0.15) is 0 Å². The van der Waals surface area contributed by atoms with E-state index < -0.39 is 0 Å². The van der Waals surface area contributed by atoms with Gasteiger partial charge in [-0.1, -0.05) is 13.8 Å². The number of nitrogens with one attached hydrogen (secondary N) is 1. The average Bonchev–Trinajstić information content (AvgIpc) is 2.95. The van der Waals surface area contributed by atoms with E-state index >= 15 is 0 Å². The molecule has 1 aliphatic carbocycles. The van der Waals surface area contributed by atoms with Gasteiger partial charge in [-0.3, -0.25) is 9.89 Å². The Morgan fingerprint density at radius 3 is 2.82 bits per heavy atom. The highest BCUT2D eigenvalue weighted by Crippen LogP contribution is 2.19. The molecule has 0 unspecified atom stereocenters.